The van der Waals surface area contributed by atoms with Gasteiger partial charge in [-0.2, -0.15) is 0 Å². The summed E-state index contributed by atoms with van der Waals surface area (Å²) in [5, 5.41) is 2.91. The van der Waals surface area contributed by atoms with Gasteiger partial charge in [0, 0.05) is 25.2 Å². The summed E-state index contributed by atoms with van der Waals surface area (Å²) < 4.78 is 1.87. The zero-order valence-corrected chi connectivity index (χ0v) is 16.9. The van der Waals surface area contributed by atoms with E-state index in [1.54, 1.807) is 17.2 Å². The van der Waals surface area contributed by atoms with E-state index in [9.17, 15) is 9.59 Å². The third-order valence-electron chi connectivity index (χ3n) is 4.61. The van der Waals surface area contributed by atoms with Gasteiger partial charge in [-0.15, -0.1) is 0 Å². The summed E-state index contributed by atoms with van der Waals surface area (Å²) in [6, 6.07) is 0. The Labute approximate surface area is 167 Å². The molecule has 1 aliphatic rings. The van der Waals surface area contributed by atoms with Gasteiger partial charge >= 0.3 is 0 Å². The van der Waals surface area contributed by atoms with Crippen LogP contribution in [0.15, 0.2) is 42.3 Å². The van der Waals surface area contributed by atoms with Crippen molar-refractivity contribution in [2.75, 3.05) is 6.54 Å². The first-order valence-electron chi connectivity index (χ1n) is 9.58. The number of unbranched alkanes of at least 4 members (excludes halogenated alkanes) is 2. The molecule has 2 heterocycles. The normalized spacial score (nSPS) is 14.0. The fourth-order valence-corrected chi connectivity index (χ4v) is 2.77. The minimum Gasteiger partial charge on any atom is -0.324 e. The van der Waals surface area contributed by atoms with Gasteiger partial charge in [0.1, 0.15) is 11.5 Å². The van der Waals surface area contributed by atoms with E-state index in [1.165, 1.54) is 0 Å². The molecule has 1 N–H and O–H groups in total. The van der Waals surface area contributed by atoms with Crippen molar-refractivity contribution in [2.45, 2.75) is 53.1 Å². The van der Waals surface area contributed by atoms with Crippen molar-refractivity contribution in [3.8, 4) is 11.8 Å². The molecule has 0 unspecified atom stereocenters. The molecule has 0 bridgehead atoms. The predicted octanol–water partition coefficient (Wildman–Crippen LogP) is 3.18. The molecule has 0 saturated carbocycles. The summed E-state index contributed by atoms with van der Waals surface area (Å²) in [5.74, 6) is 5.94. The molecule has 0 atom stereocenters. The molecule has 2 amide bonds. The number of carbonyl (C=O) groups is 2. The standard InChI is InChI=1S/C22H28N4O2/c1-5-7-9-10-12-21(27)25-13-14-26-19(15-23-20(26)16-25)22(28)24-18(4)17(3)11-8-6-2/h6,8,11,15H,2,5,7,9,13-14,16H2,1,3-4H3,(H,24,28)/b11-8-,18-17+. The number of carbonyl (C=O) groups excluding carboxylic acids is 2. The van der Waals surface area contributed by atoms with E-state index in [1.807, 2.05) is 30.6 Å². The fourth-order valence-electron chi connectivity index (χ4n) is 2.77. The Bertz CT molecular complexity index is 865. The predicted molar refractivity (Wildman–Crippen MR) is 110 cm³/mol. The van der Waals surface area contributed by atoms with Crippen LogP contribution in [-0.4, -0.2) is 32.8 Å². The monoisotopic (exact) mass is 380 g/mol. The molecular formula is C22H28N4O2. The second kappa shape index (κ2) is 10.3. The summed E-state index contributed by atoms with van der Waals surface area (Å²) in [6.07, 6.45) is 9.76. The number of allylic oxidation sites excluding steroid dienone is 5. The van der Waals surface area contributed by atoms with Crippen LogP contribution in [0.4, 0.5) is 0 Å². The fraction of sp³-hybridized carbons (Fsp3) is 0.409. The van der Waals surface area contributed by atoms with Gasteiger partial charge in [0.2, 0.25) is 0 Å². The van der Waals surface area contributed by atoms with Crippen LogP contribution in [0.25, 0.3) is 0 Å². The maximum absolute atomic E-state index is 12.6. The Morgan fingerprint density at radius 2 is 2.14 bits per heavy atom. The van der Waals surface area contributed by atoms with Crippen LogP contribution in [0.5, 0.6) is 0 Å². The Morgan fingerprint density at radius 1 is 1.36 bits per heavy atom. The Morgan fingerprint density at radius 3 is 2.86 bits per heavy atom. The smallest absolute Gasteiger partial charge is 0.298 e. The van der Waals surface area contributed by atoms with Crippen LogP contribution in [-0.2, 0) is 17.9 Å². The first-order chi connectivity index (χ1) is 13.5. The van der Waals surface area contributed by atoms with Crippen molar-refractivity contribution in [1.82, 2.24) is 19.8 Å². The molecule has 0 aromatic carbocycles. The minimum absolute atomic E-state index is 0.181. The number of fused-ring (bicyclic) bond motifs is 1. The van der Waals surface area contributed by atoms with Gasteiger partial charge in [-0.3, -0.25) is 9.59 Å². The lowest BCUT2D eigenvalue weighted by Gasteiger charge is -2.26. The highest BCUT2D eigenvalue weighted by molar-refractivity contribution is 5.94. The van der Waals surface area contributed by atoms with E-state index in [4.69, 9.17) is 0 Å². The van der Waals surface area contributed by atoms with Crippen molar-refractivity contribution in [3.05, 3.63) is 53.8 Å². The van der Waals surface area contributed by atoms with Crippen LogP contribution in [0.3, 0.4) is 0 Å². The number of nitrogens with one attached hydrogen (secondary N) is 1. The number of amides is 2. The zero-order chi connectivity index (χ0) is 20.5. The number of aromatic nitrogens is 2. The van der Waals surface area contributed by atoms with Crippen LogP contribution in [0.1, 0.15) is 56.3 Å². The molecule has 2 rings (SSSR count). The first-order valence-corrected chi connectivity index (χ1v) is 9.58. The summed E-state index contributed by atoms with van der Waals surface area (Å²) in [7, 11) is 0. The van der Waals surface area contributed by atoms with Crippen LogP contribution in [0, 0.1) is 11.8 Å². The van der Waals surface area contributed by atoms with Gasteiger partial charge in [-0.25, -0.2) is 4.98 Å². The van der Waals surface area contributed by atoms with Gasteiger partial charge in [-0.1, -0.05) is 44.1 Å². The number of hydrogen-bond donors (Lipinski definition) is 1. The van der Waals surface area contributed by atoms with Gasteiger partial charge in [0.25, 0.3) is 11.8 Å². The van der Waals surface area contributed by atoms with E-state index in [-0.39, 0.29) is 11.8 Å². The van der Waals surface area contributed by atoms with E-state index in [0.717, 1.165) is 30.5 Å². The van der Waals surface area contributed by atoms with Crippen LogP contribution in [0.2, 0.25) is 0 Å². The van der Waals surface area contributed by atoms with Gasteiger partial charge in [0.05, 0.1) is 12.7 Å². The van der Waals surface area contributed by atoms with E-state index in [2.05, 4.69) is 35.6 Å². The Kier molecular flexibility index (Phi) is 7.82. The maximum atomic E-state index is 12.6. The van der Waals surface area contributed by atoms with Crippen LogP contribution < -0.4 is 5.32 Å². The molecule has 28 heavy (non-hydrogen) atoms. The number of hydrogen-bond acceptors (Lipinski definition) is 3. The van der Waals surface area contributed by atoms with Crippen molar-refractivity contribution >= 4 is 11.8 Å². The van der Waals surface area contributed by atoms with Crippen LogP contribution >= 0.6 is 0 Å². The van der Waals surface area contributed by atoms with Crippen molar-refractivity contribution < 1.29 is 9.59 Å². The highest BCUT2D eigenvalue weighted by atomic mass is 16.2. The maximum Gasteiger partial charge on any atom is 0.298 e. The van der Waals surface area contributed by atoms with E-state index in [0.29, 0.717) is 31.2 Å². The molecule has 6 nitrogen and oxygen atoms in total. The van der Waals surface area contributed by atoms with Crippen molar-refractivity contribution in [3.63, 3.8) is 0 Å². The molecule has 0 radical (unpaired) electrons. The molecule has 0 aliphatic carbocycles. The summed E-state index contributed by atoms with van der Waals surface area (Å²) in [5.41, 5.74) is 2.22. The third kappa shape index (κ3) is 5.46. The van der Waals surface area contributed by atoms with Gasteiger partial charge in [-0.05, 0) is 31.8 Å². The van der Waals surface area contributed by atoms with Gasteiger partial charge in [0.15, 0.2) is 0 Å². The lowest BCUT2D eigenvalue weighted by atomic mass is 10.2. The molecule has 1 aromatic heterocycles. The lowest BCUT2D eigenvalue weighted by Crippen LogP contribution is -2.39. The Balaban J connectivity index is 2.05. The third-order valence-corrected chi connectivity index (χ3v) is 4.61. The molecule has 0 fully saturated rings. The molecule has 0 spiro atoms. The van der Waals surface area contributed by atoms with Gasteiger partial charge < -0.3 is 14.8 Å². The summed E-state index contributed by atoms with van der Waals surface area (Å²) in [6.45, 7) is 10.9. The quantitative estimate of drug-likeness (QED) is 0.468. The zero-order valence-electron chi connectivity index (χ0n) is 16.9. The number of rotatable bonds is 6. The van der Waals surface area contributed by atoms with Crippen molar-refractivity contribution in [2.24, 2.45) is 0 Å². The first kappa shape index (κ1) is 21.2. The number of nitrogens with zero attached hydrogens (tertiary/aromatic N) is 3. The summed E-state index contributed by atoms with van der Waals surface area (Å²) in [4.78, 5) is 30.9. The van der Waals surface area contributed by atoms with Crippen molar-refractivity contribution in [1.29, 1.82) is 0 Å². The molecule has 1 aromatic rings. The molecule has 148 valence electrons. The minimum atomic E-state index is -0.207. The largest absolute Gasteiger partial charge is 0.324 e. The Hall–Kier alpha value is -3.07. The molecular weight excluding hydrogens is 352 g/mol. The SMILES string of the molecule is C=C/C=C\C(C)=C(/C)NC(=O)c1cnc2n1CCN(C(=O)C#CCCCC)C2. The average Bonchev–Trinajstić information content (AvgIpc) is 3.12. The highest BCUT2D eigenvalue weighted by Gasteiger charge is 2.25. The topological polar surface area (TPSA) is 67.2 Å². The molecule has 6 heteroatoms. The average molecular weight is 380 g/mol. The summed E-state index contributed by atoms with van der Waals surface area (Å²) >= 11 is 0. The molecule has 0 saturated heterocycles. The lowest BCUT2D eigenvalue weighted by molar-refractivity contribution is -0.126. The highest BCUT2D eigenvalue weighted by Crippen LogP contribution is 2.15. The second-order valence-electron chi connectivity index (χ2n) is 6.70. The molecule has 1 aliphatic heterocycles. The number of imidazole rings is 1. The second-order valence-corrected chi connectivity index (χ2v) is 6.70. The van der Waals surface area contributed by atoms with E-state index < -0.39 is 0 Å². The van der Waals surface area contributed by atoms with E-state index >= 15 is 0 Å².